The van der Waals surface area contributed by atoms with E-state index < -0.39 is 11.9 Å². The standard InChI is InChI=1S/C14H15Cl2NO4/c15-10-1-2-12(11(16)7-10)21-6-4-13(18)17-5-3-9(8-17)14(19)20/h1-2,7,9H,3-6,8H2,(H,19,20)/t9-/m1/s1. The molecule has 1 aliphatic rings. The van der Waals surface area contributed by atoms with E-state index in [1.165, 1.54) is 0 Å². The molecule has 0 bridgehead atoms. The molecule has 0 spiro atoms. The molecule has 0 aromatic heterocycles. The van der Waals surface area contributed by atoms with E-state index in [2.05, 4.69) is 0 Å². The number of amides is 1. The van der Waals surface area contributed by atoms with Crippen molar-refractivity contribution in [3.63, 3.8) is 0 Å². The molecule has 1 amide bonds. The van der Waals surface area contributed by atoms with Crippen LogP contribution in [0.25, 0.3) is 0 Å². The van der Waals surface area contributed by atoms with E-state index in [4.69, 9.17) is 33.0 Å². The predicted molar refractivity (Wildman–Crippen MR) is 78.9 cm³/mol. The maximum atomic E-state index is 11.9. The minimum Gasteiger partial charge on any atom is -0.491 e. The van der Waals surface area contributed by atoms with Crippen molar-refractivity contribution in [2.75, 3.05) is 19.7 Å². The summed E-state index contributed by atoms with van der Waals surface area (Å²) in [6.07, 6.45) is 0.691. The normalized spacial score (nSPS) is 17.8. The molecule has 1 aliphatic heterocycles. The van der Waals surface area contributed by atoms with Gasteiger partial charge in [-0.15, -0.1) is 0 Å². The van der Waals surface area contributed by atoms with Crippen molar-refractivity contribution in [1.82, 2.24) is 4.90 Å². The van der Waals surface area contributed by atoms with Crippen LogP contribution in [0.2, 0.25) is 10.0 Å². The first-order valence-corrected chi connectivity index (χ1v) is 7.31. The summed E-state index contributed by atoms with van der Waals surface area (Å²) >= 11 is 11.7. The number of carbonyl (C=O) groups is 2. The molecule has 1 aromatic rings. The van der Waals surface area contributed by atoms with E-state index in [9.17, 15) is 9.59 Å². The Labute approximate surface area is 132 Å². The van der Waals surface area contributed by atoms with Crippen molar-refractivity contribution >= 4 is 35.1 Å². The molecule has 1 heterocycles. The molecule has 0 unspecified atom stereocenters. The van der Waals surface area contributed by atoms with Crippen molar-refractivity contribution < 1.29 is 19.4 Å². The van der Waals surface area contributed by atoms with Gasteiger partial charge in [-0.3, -0.25) is 9.59 Å². The molecule has 114 valence electrons. The van der Waals surface area contributed by atoms with E-state index in [1.54, 1.807) is 23.1 Å². The highest BCUT2D eigenvalue weighted by molar-refractivity contribution is 6.35. The van der Waals surface area contributed by atoms with Gasteiger partial charge in [-0.2, -0.15) is 0 Å². The Morgan fingerprint density at radius 1 is 1.38 bits per heavy atom. The fourth-order valence-corrected chi connectivity index (χ4v) is 2.65. The third-order valence-electron chi connectivity index (χ3n) is 3.36. The highest BCUT2D eigenvalue weighted by Crippen LogP contribution is 2.27. The molecule has 1 N–H and O–H groups in total. The molecule has 0 saturated carbocycles. The minimum absolute atomic E-state index is 0.108. The zero-order chi connectivity index (χ0) is 15.4. The molecule has 0 aliphatic carbocycles. The van der Waals surface area contributed by atoms with Crippen LogP contribution in [0.3, 0.4) is 0 Å². The van der Waals surface area contributed by atoms with Crippen molar-refractivity contribution in [3.05, 3.63) is 28.2 Å². The number of benzene rings is 1. The number of carboxylic acids is 1. The lowest BCUT2D eigenvalue weighted by atomic mass is 10.1. The summed E-state index contributed by atoms with van der Waals surface area (Å²) in [5.41, 5.74) is 0. The first kappa shape index (κ1) is 15.9. The summed E-state index contributed by atoms with van der Waals surface area (Å²) in [4.78, 5) is 24.3. The van der Waals surface area contributed by atoms with Gasteiger partial charge in [0.05, 0.1) is 24.0 Å². The Balaban J connectivity index is 1.78. The molecular formula is C14H15Cl2NO4. The Morgan fingerprint density at radius 3 is 2.76 bits per heavy atom. The first-order valence-electron chi connectivity index (χ1n) is 6.56. The summed E-state index contributed by atoms with van der Waals surface area (Å²) in [6, 6.07) is 4.87. The van der Waals surface area contributed by atoms with Gasteiger partial charge >= 0.3 is 5.97 Å². The Bertz CT molecular complexity index is 550. The number of likely N-dealkylation sites (tertiary alicyclic amines) is 1. The van der Waals surface area contributed by atoms with Crippen LogP contribution in [-0.2, 0) is 9.59 Å². The number of rotatable bonds is 5. The maximum Gasteiger partial charge on any atom is 0.308 e. The number of carboxylic acid groups (broad SMARTS) is 1. The van der Waals surface area contributed by atoms with Crippen molar-refractivity contribution in [3.8, 4) is 5.75 Å². The Hall–Kier alpha value is -1.46. The van der Waals surface area contributed by atoms with Crippen LogP contribution >= 0.6 is 23.2 Å². The number of halogens is 2. The third kappa shape index (κ3) is 4.25. The number of nitrogens with zero attached hydrogens (tertiary/aromatic N) is 1. The quantitative estimate of drug-likeness (QED) is 0.900. The predicted octanol–water partition coefficient (Wildman–Crippen LogP) is 2.70. The smallest absolute Gasteiger partial charge is 0.308 e. The fourth-order valence-electron chi connectivity index (χ4n) is 2.19. The van der Waals surface area contributed by atoms with Crippen molar-refractivity contribution in [2.24, 2.45) is 5.92 Å². The molecule has 1 saturated heterocycles. The molecule has 1 fully saturated rings. The second-order valence-electron chi connectivity index (χ2n) is 4.84. The maximum absolute atomic E-state index is 11.9. The highest BCUT2D eigenvalue weighted by Gasteiger charge is 2.30. The van der Waals surface area contributed by atoms with Crippen molar-refractivity contribution in [2.45, 2.75) is 12.8 Å². The van der Waals surface area contributed by atoms with Gasteiger partial charge in [-0.05, 0) is 24.6 Å². The summed E-state index contributed by atoms with van der Waals surface area (Å²) in [6.45, 7) is 0.946. The van der Waals surface area contributed by atoms with Crippen LogP contribution in [0.15, 0.2) is 18.2 Å². The van der Waals surface area contributed by atoms with Crippen LogP contribution in [0.4, 0.5) is 0 Å². The molecule has 21 heavy (non-hydrogen) atoms. The van der Waals surface area contributed by atoms with E-state index in [0.717, 1.165) is 0 Å². The molecule has 5 nitrogen and oxygen atoms in total. The fraction of sp³-hybridized carbons (Fsp3) is 0.429. The summed E-state index contributed by atoms with van der Waals surface area (Å²) in [5.74, 6) is -0.947. The van der Waals surface area contributed by atoms with E-state index in [1.807, 2.05) is 0 Å². The number of carbonyl (C=O) groups excluding carboxylic acids is 1. The van der Waals surface area contributed by atoms with Gasteiger partial charge in [0.15, 0.2) is 0 Å². The van der Waals surface area contributed by atoms with Crippen molar-refractivity contribution in [1.29, 1.82) is 0 Å². The topological polar surface area (TPSA) is 66.8 Å². The van der Waals surface area contributed by atoms with Gasteiger partial charge in [0.2, 0.25) is 5.91 Å². The second kappa shape index (κ2) is 7.00. The molecular weight excluding hydrogens is 317 g/mol. The first-order chi connectivity index (χ1) is 9.97. The monoisotopic (exact) mass is 331 g/mol. The van der Waals surface area contributed by atoms with Crippen LogP contribution < -0.4 is 4.74 Å². The Morgan fingerprint density at radius 2 is 2.14 bits per heavy atom. The molecule has 2 rings (SSSR count). The number of ether oxygens (including phenoxy) is 1. The molecule has 1 aromatic carbocycles. The van der Waals surface area contributed by atoms with Crippen LogP contribution in [-0.4, -0.2) is 41.6 Å². The van der Waals surface area contributed by atoms with E-state index in [0.29, 0.717) is 28.8 Å². The largest absolute Gasteiger partial charge is 0.491 e. The zero-order valence-corrected chi connectivity index (χ0v) is 12.7. The average molecular weight is 332 g/mol. The molecule has 7 heteroatoms. The van der Waals surface area contributed by atoms with Gasteiger partial charge in [0.1, 0.15) is 5.75 Å². The molecule has 0 radical (unpaired) electrons. The van der Waals surface area contributed by atoms with Gasteiger partial charge in [-0.1, -0.05) is 23.2 Å². The summed E-state index contributed by atoms with van der Waals surface area (Å²) in [7, 11) is 0. The summed E-state index contributed by atoms with van der Waals surface area (Å²) < 4.78 is 5.44. The van der Waals surface area contributed by atoms with E-state index >= 15 is 0 Å². The second-order valence-corrected chi connectivity index (χ2v) is 5.68. The SMILES string of the molecule is O=C(O)[C@@H]1CCN(C(=O)CCOc2ccc(Cl)cc2Cl)C1. The number of hydrogen-bond acceptors (Lipinski definition) is 3. The van der Waals surface area contributed by atoms with Gasteiger partial charge < -0.3 is 14.7 Å². The highest BCUT2D eigenvalue weighted by atomic mass is 35.5. The van der Waals surface area contributed by atoms with E-state index in [-0.39, 0.29) is 25.5 Å². The number of hydrogen-bond donors (Lipinski definition) is 1. The lowest BCUT2D eigenvalue weighted by molar-refractivity contribution is -0.141. The lowest BCUT2D eigenvalue weighted by Gasteiger charge is -2.16. The minimum atomic E-state index is -0.852. The van der Waals surface area contributed by atoms with Crippen LogP contribution in [0.1, 0.15) is 12.8 Å². The molecule has 1 atom stereocenters. The van der Waals surface area contributed by atoms with Gasteiger partial charge in [0, 0.05) is 18.1 Å². The zero-order valence-electron chi connectivity index (χ0n) is 11.2. The Kier molecular flexibility index (Phi) is 5.31. The summed E-state index contributed by atoms with van der Waals surface area (Å²) in [5, 5.41) is 9.81. The van der Waals surface area contributed by atoms with Crippen LogP contribution in [0, 0.1) is 5.92 Å². The van der Waals surface area contributed by atoms with Gasteiger partial charge in [0.25, 0.3) is 0 Å². The third-order valence-corrected chi connectivity index (χ3v) is 3.89. The average Bonchev–Trinajstić information content (AvgIpc) is 2.91. The van der Waals surface area contributed by atoms with Gasteiger partial charge in [-0.25, -0.2) is 0 Å². The number of aliphatic carboxylic acids is 1. The lowest BCUT2D eigenvalue weighted by Crippen LogP contribution is -2.30. The van der Waals surface area contributed by atoms with Crippen LogP contribution in [0.5, 0.6) is 5.75 Å².